The van der Waals surface area contributed by atoms with Crippen LogP contribution in [-0.2, 0) is 0 Å². The number of benzene rings is 1. The number of nitrogens with one attached hydrogen (secondary N) is 2. The molecule has 1 aromatic heterocycles. The molecule has 2 N–H and O–H groups in total. The van der Waals surface area contributed by atoms with E-state index in [1.165, 1.54) is 19.3 Å². The number of aromatic nitrogens is 2. The van der Waals surface area contributed by atoms with E-state index < -0.39 is 0 Å². The zero-order valence-corrected chi connectivity index (χ0v) is 12.7. The Balaban J connectivity index is 0.00000147. The van der Waals surface area contributed by atoms with Crippen LogP contribution in [0, 0.1) is 0 Å². The van der Waals surface area contributed by atoms with Gasteiger partial charge in [0.25, 0.3) is 0 Å². The quantitative estimate of drug-likeness (QED) is 0.913. The number of nitrogens with zero attached hydrogens (tertiary/aromatic N) is 2. The third-order valence-corrected chi connectivity index (χ3v) is 3.72. The number of hydrogen-bond donors (Lipinski definition) is 2. The molecule has 1 atom stereocenters. The molecule has 1 fully saturated rings. The Morgan fingerprint density at radius 2 is 1.95 bits per heavy atom. The molecule has 0 spiro atoms. The molecule has 6 heteroatoms. The predicted octanol–water partition coefficient (Wildman–Crippen LogP) is 3.26. The lowest BCUT2D eigenvalue weighted by molar-refractivity contribution is 0.414. The lowest BCUT2D eigenvalue weighted by Gasteiger charge is -2.23. The first-order valence-corrected chi connectivity index (χ1v) is 7.10. The Bertz CT molecular complexity index is 570. The van der Waals surface area contributed by atoms with Gasteiger partial charge in [0.2, 0.25) is 0 Å². The van der Waals surface area contributed by atoms with Crippen molar-refractivity contribution in [2.24, 2.45) is 0 Å². The van der Waals surface area contributed by atoms with Crippen LogP contribution in [0.1, 0.15) is 19.3 Å². The largest absolute Gasteiger partial charge is 0.366 e. The van der Waals surface area contributed by atoms with Crippen LogP contribution < -0.4 is 10.6 Å². The van der Waals surface area contributed by atoms with Gasteiger partial charge >= 0.3 is 0 Å². The van der Waals surface area contributed by atoms with Crippen molar-refractivity contribution in [1.82, 2.24) is 15.3 Å². The van der Waals surface area contributed by atoms with Gasteiger partial charge < -0.3 is 10.6 Å². The van der Waals surface area contributed by atoms with Gasteiger partial charge in [0.15, 0.2) is 11.0 Å². The highest BCUT2D eigenvalue weighted by molar-refractivity contribution is 6.32. The summed E-state index contributed by atoms with van der Waals surface area (Å²) < 4.78 is 0. The molecule has 1 aliphatic heterocycles. The van der Waals surface area contributed by atoms with Gasteiger partial charge in [-0.3, -0.25) is 0 Å². The second-order valence-corrected chi connectivity index (χ2v) is 5.24. The van der Waals surface area contributed by atoms with Crippen LogP contribution in [0.5, 0.6) is 0 Å². The molecule has 1 unspecified atom stereocenters. The third kappa shape index (κ3) is 3.51. The van der Waals surface area contributed by atoms with E-state index in [4.69, 9.17) is 11.6 Å². The number of fused-ring (bicyclic) bond motifs is 1. The maximum Gasteiger partial charge on any atom is 0.172 e. The topological polar surface area (TPSA) is 49.8 Å². The molecular formula is C14H18Cl2N4. The van der Waals surface area contributed by atoms with E-state index in [1.54, 1.807) is 0 Å². The highest BCUT2D eigenvalue weighted by Gasteiger charge is 2.13. The molecule has 20 heavy (non-hydrogen) atoms. The summed E-state index contributed by atoms with van der Waals surface area (Å²) in [7, 11) is 0. The van der Waals surface area contributed by atoms with Crippen LogP contribution in [0.3, 0.4) is 0 Å². The van der Waals surface area contributed by atoms with E-state index in [0.717, 1.165) is 24.1 Å². The van der Waals surface area contributed by atoms with Crippen LogP contribution in [0.25, 0.3) is 11.0 Å². The third-order valence-electron chi connectivity index (χ3n) is 3.46. The van der Waals surface area contributed by atoms with Crippen LogP contribution in [0.4, 0.5) is 5.82 Å². The zero-order valence-electron chi connectivity index (χ0n) is 11.1. The number of halogens is 2. The van der Waals surface area contributed by atoms with Crippen molar-refractivity contribution in [3.8, 4) is 0 Å². The molecule has 108 valence electrons. The minimum atomic E-state index is 0. The summed E-state index contributed by atoms with van der Waals surface area (Å²) in [5, 5.41) is 7.24. The smallest absolute Gasteiger partial charge is 0.172 e. The molecule has 2 aromatic rings. The van der Waals surface area contributed by atoms with E-state index in [2.05, 4.69) is 20.6 Å². The fraction of sp³-hybridized carbons (Fsp3) is 0.429. The molecular weight excluding hydrogens is 295 g/mol. The molecule has 0 bridgehead atoms. The van der Waals surface area contributed by atoms with Gasteiger partial charge in [0.05, 0.1) is 11.0 Å². The maximum absolute atomic E-state index is 6.16. The van der Waals surface area contributed by atoms with Gasteiger partial charge in [-0.2, -0.15) is 0 Å². The fourth-order valence-electron chi connectivity index (χ4n) is 2.41. The van der Waals surface area contributed by atoms with Gasteiger partial charge in [-0.25, -0.2) is 9.97 Å². The van der Waals surface area contributed by atoms with E-state index in [0.29, 0.717) is 17.0 Å². The number of hydrogen-bond acceptors (Lipinski definition) is 4. The summed E-state index contributed by atoms with van der Waals surface area (Å²) in [4.78, 5) is 8.89. The summed E-state index contributed by atoms with van der Waals surface area (Å²) in [6.45, 7) is 1.94. The van der Waals surface area contributed by atoms with Crippen LogP contribution >= 0.6 is 24.0 Å². The Morgan fingerprint density at radius 3 is 2.65 bits per heavy atom. The van der Waals surface area contributed by atoms with Crippen molar-refractivity contribution in [3.05, 3.63) is 29.4 Å². The van der Waals surface area contributed by atoms with E-state index >= 15 is 0 Å². The molecule has 0 amide bonds. The van der Waals surface area contributed by atoms with Crippen LogP contribution in [-0.4, -0.2) is 29.1 Å². The highest BCUT2D eigenvalue weighted by atomic mass is 35.5. The van der Waals surface area contributed by atoms with Gasteiger partial charge in [-0.15, -0.1) is 12.4 Å². The molecule has 0 saturated carbocycles. The Labute approximate surface area is 129 Å². The minimum absolute atomic E-state index is 0. The normalized spacial score (nSPS) is 18.6. The monoisotopic (exact) mass is 312 g/mol. The zero-order chi connectivity index (χ0) is 13.1. The molecule has 0 radical (unpaired) electrons. The maximum atomic E-state index is 6.16. The summed E-state index contributed by atoms with van der Waals surface area (Å²) >= 11 is 6.16. The van der Waals surface area contributed by atoms with Gasteiger partial charge in [-0.1, -0.05) is 30.2 Å². The molecule has 1 aromatic carbocycles. The predicted molar refractivity (Wildman–Crippen MR) is 85.9 cm³/mol. The molecule has 1 aliphatic rings. The Hall–Kier alpha value is -1.10. The number of piperidine rings is 1. The molecule has 0 aliphatic carbocycles. The standard InChI is InChI=1S/C14H17ClN4.ClH/c15-13-14(17-9-10-5-3-4-8-16-10)19-12-7-2-1-6-11(12)18-13;/h1-2,6-7,10,16H,3-5,8-9H2,(H,17,19);1H. The summed E-state index contributed by atoms with van der Waals surface area (Å²) in [6.07, 6.45) is 3.76. The average Bonchev–Trinajstić information content (AvgIpc) is 2.46. The van der Waals surface area contributed by atoms with Crippen LogP contribution in [0.2, 0.25) is 5.15 Å². The molecule has 4 nitrogen and oxygen atoms in total. The van der Waals surface area contributed by atoms with Crippen molar-refractivity contribution < 1.29 is 0 Å². The van der Waals surface area contributed by atoms with Crippen molar-refractivity contribution in [1.29, 1.82) is 0 Å². The van der Waals surface area contributed by atoms with Crippen LogP contribution in [0.15, 0.2) is 24.3 Å². The summed E-state index contributed by atoms with van der Waals surface area (Å²) in [5.74, 6) is 0.674. The minimum Gasteiger partial charge on any atom is -0.366 e. The second kappa shape index (κ2) is 7.07. The Kier molecular flexibility index (Phi) is 5.40. The van der Waals surface area contributed by atoms with E-state index in [9.17, 15) is 0 Å². The second-order valence-electron chi connectivity index (χ2n) is 4.88. The van der Waals surface area contributed by atoms with Crippen molar-refractivity contribution in [2.75, 3.05) is 18.4 Å². The van der Waals surface area contributed by atoms with E-state index in [1.807, 2.05) is 24.3 Å². The number of para-hydroxylation sites is 2. The van der Waals surface area contributed by atoms with Gasteiger partial charge in [-0.05, 0) is 31.5 Å². The highest BCUT2D eigenvalue weighted by Crippen LogP contribution is 2.21. The van der Waals surface area contributed by atoms with Gasteiger partial charge in [0.1, 0.15) is 0 Å². The fourth-order valence-corrected chi connectivity index (χ4v) is 2.61. The Morgan fingerprint density at radius 1 is 1.20 bits per heavy atom. The number of rotatable bonds is 3. The van der Waals surface area contributed by atoms with Gasteiger partial charge in [0, 0.05) is 12.6 Å². The van der Waals surface area contributed by atoms with Crippen molar-refractivity contribution in [2.45, 2.75) is 25.3 Å². The molecule has 2 heterocycles. The lowest BCUT2D eigenvalue weighted by Crippen LogP contribution is -2.39. The summed E-state index contributed by atoms with van der Waals surface area (Å²) in [5.41, 5.74) is 1.69. The van der Waals surface area contributed by atoms with Crippen molar-refractivity contribution >= 4 is 40.9 Å². The first-order valence-electron chi connectivity index (χ1n) is 6.72. The SMILES string of the molecule is Cl.Clc1nc2ccccc2nc1NCC1CCCCN1. The van der Waals surface area contributed by atoms with Crippen molar-refractivity contribution in [3.63, 3.8) is 0 Å². The van der Waals surface area contributed by atoms with E-state index in [-0.39, 0.29) is 12.4 Å². The molecule has 1 saturated heterocycles. The average molecular weight is 313 g/mol. The molecule has 3 rings (SSSR count). The lowest BCUT2D eigenvalue weighted by atomic mass is 10.1. The first kappa shape index (κ1) is 15.3. The summed E-state index contributed by atoms with van der Waals surface area (Å²) in [6, 6.07) is 8.26. The number of anilines is 1. The first-order chi connectivity index (χ1) is 9.33.